The minimum Gasteiger partial charge on any atom is -0.396 e. The van der Waals surface area contributed by atoms with Gasteiger partial charge in [0.05, 0.1) is 11.9 Å². The number of anilines is 1. The maximum Gasteiger partial charge on any atom is 0.287 e. The minimum absolute atomic E-state index is 0.171. The normalized spacial score (nSPS) is 12.4. The SMILES string of the molecule is CCCCn1ncc(NCC(CC)CCO)c(Cl)c1=O. The van der Waals surface area contributed by atoms with E-state index < -0.39 is 0 Å². The molecule has 1 aromatic heterocycles. The van der Waals surface area contributed by atoms with Gasteiger partial charge in [0, 0.05) is 19.7 Å². The number of aryl methyl sites for hydroxylation is 1. The van der Waals surface area contributed by atoms with E-state index in [-0.39, 0.29) is 17.2 Å². The molecular weight excluding hydrogens is 278 g/mol. The molecule has 6 heteroatoms. The first kappa shape index (κ1) is 17.0. The average molecular weight is 302 g/mol. The van der Waals surface area contributed by atoms with Crippen molar-refractivity contribution in [2.45, 2.75) is 46.1 Å². The Bertz CT molecular complexity index is 462. The van der Waals surface area contributed by atoms with Crippen molar-refractivity contribution in [3.05, 3.63) is 21.6 Å². The number of aliphatic hydroxyl groups excluding tert-OH is 1. The van der Waals surface area contributed by atoms with Crippen LogP contribution in [0.2, 0.25) is 5.02 Å². The van der Waals surface area contributed by atoms with Crippen LogP contribution in [0.15, 0.2) is 11.0 Å². The highest BCUT2D eigenvalue weighted by atomic mass is 35.5. The zero-order chi connectivity index (χ0) is 15.0. The summed E-state index contributed by atoms with van der Waals surface area (Å²) < 4.78 is 1.40. The first-order valence-corrected chi connectivity index (χ1v) is 7.62. The third-order valence-electron chi connectivity index (χ3n) is 3.40. The molecule has 1 aromatic rings. The average Bonchev–Trinajstić information content (AvgIpc) is 2.46. The lowest BCUT2D eigenvalue weighted by Gasteiger charge is -2.16. The van der Waals surface area contributed by atoms with E-state index in [2.05, 4.69) is 24.3 Å². The van der Waals surface area contributed by atoms with Crippen molar-refractivity contribution in [2.75, 3.05) is 18.5 Å². The molecule has 1 atom stereocenters. The van der Waals surface area contributed by atoms with Crippen molar-refractivity contribution < 1.29 is 5.11 Å². The van der Waals surface area contributed by atoms with Gasteiger partial charge < -0.3 is 10.4 Å². The van der Waals surface area contributed by atoms with Crippen molar-refractivity contribution in [2.24, 2.45) is 5.92 Å². The van der Waals surface area contributed by atoms with E-state index in [1.165, 1.54) is 4.68 Å². The van der Waals surface area contributed by atoms with Crippen LogP contribution in [0, 0.1) is 5.92 Å². The lowest BCUT2D eigenvalue weighted by Crippen LogP contribution is -2.25. The predicted octanol–water partition coefficient (Wildman–Crippen LogP) is 2.52. The van der Waals surface area contributed by atoms with Crippen molar-refractivity contribution in [3.63, 3.8) is 0 Å². The number of aromatic nitrogens is 2. The zero-order valence-electron chi connectivity index (χ0n) is 12.2. The van der Waals surface area contributed by atoms with Crippen molar-refractivity contribution in [1.29, 1.82) is 0 Å². The Morgan fingerprint density at radius 2 is 2.25 bits per heavy atom. The number of nitrogens with zero attached hydrogens (tertiary/aromatic N) is 2. The molecule has 0 aromatic carbocycles. The van der Waals surface area contributed by atoms with Gasteiger partial charge in [0.1, 0.15) is 5.02 Å². The fourth-order valence-electron chi connectivity index (χ4n) is 1.94. The molecule has 1 heterocycles. The summed E-state index contributed by atoms with van der Waals surface area (Å²) in [7, 11) is 0. The minimum atomic E-state index is -0.250. The summed E-state index contributed by atoms with van der Waals surface area (Å²) in [5, 5.41) is 16.4. The molecule has 5 nitrogen and oxygen atoms in total. The first-order valence-electron chi connectivity index (χ1n) is 7.24. The highest BCUT2D eigenvalue weighted by molar-refractivity contribution is 6.32. The zero-order valence-corrected chi connectivity index (χ0v) is 13.0. The van der Waals surface area contributed by atoms with Gasteiger partial charge in [0.2, 0.25) is 0 Å². The molecule has 1 rings (SSSR count). The predicted molar refractivity (Wildman–Crippen MR) is 82.4 cm³/mol. The van der Waals surface area contributed by atoms with Crippen LogP contribution < -0.4 is 10.9 Å². The van der Waals surface area contributed by atoms with Crippen LogP contribution in [0.1, 0.15) is 39.5 Å². The Morgan fingerprint density at radius 1 is 1.50 bits per heavy atom. The van der Waals surface area contributed by atoms with Crippen LogP contribution in [0.4, 0.5) is 5.69 Å². The molecule has 0 aliphatic carbocycles. The standard InChI is InChI=1S/C14H24ClN3O2/c1-3-5-7-18-14(20)13(15)12(10-17-18)16-9-11(4-2)6-8-19/h10-11,16,19H,3-9H2,1-2H3. The van der Waals surface area contributed by atoms with Crippen LogP contribution in [0.5, 0.6) is 0 Å². The molecule has 0 spiro atoms. The lowest BCUT2D eigenvalue weighted by atomic mass is 10.0. The molecule has 0 aliphatic heterocycles. The van der Waals surface area contributed by atoms with E-state index in [9.17, 15) is 4.79 Å². The molecule has 0 bridgehead atoms. The summed E-state index contributed by atoms with van der Waals surface area (Å²) in [6, 6.07) is 0. The number of rotatable bonds is 9. The summed E-state index contributed by atoms with van der Waals surface area (Å²) >= 11 is 6.10. The number of hydrogen-bond donors (Lipinski definition) is 2. The Morgan fingerprint density at radius 3 is 2.85 bits per heavy atom. The van der Waals surface area contributed by atoms with E-state index in [0.717, 1.165) is 25.7 Å². The van der Waals surface area contributed by atoms with Gasteiger partial charge in [-0.2, -0.15) is 5.10 Å². The van der Waals surface area contributed by atoms with Crippen molar-refractivity contribution in [3.8, 4) is 0 Å². The van der Waals surface area contributed by atoms with Crippen LogP contribution in [-0.2, 0) is 6.54 Å². The summed E-state index contributed by atoms with van der Waals surface area (Å²) in [6.45, 7) is 5.58. The molecule has 0 fully saturated rings. The Hall–Kier alpha value is -1.07. The van der Waals surface area contributed by atoms with Gasteiger partial charge in [0.25, 0.3) is 5.56 Å². The van der Waals surface area contributed by atoms with Crippen molar-refractivity contribution in [1.82, 2.24) is 9.78 Å². The molecule has 0 aliphatic rings. The Kier molecular flexibility index (Phi) is 7.62. The second-order valence-corrected chi connectivity index (χ2v) is 5.30. The largest absolute Gasteiger partial charge is 0.396 e. The van der Waals surface area contributed by atoms with E-state index in [1.807, 2.05) is 0 Å². The third kappa shape index (κ3) is 4.80. The van der Waals surface area contributed by atoms with E-state index in [4.69, 9.17) is 16.7 Å². The molecule has 0 saturated carbocycles. The number of halogens is 1. The molecule has 0 saturated heterocycles. The van der Waals surface area contributed by atoms with E-state index in [0.29, 0.717) is 24.7 Å². The number of unbranched alkanes of at least 4 members (excludes halogenated alkanes) is 1. The topological polar surface area (TPSA) is 67.2 Å². The monoisotopic (exact) mass is 301 g/mol. The molecule has 0 amide bonds. The second-order valence-electron chi connectivity index (χ2n) is 4.92. The highest BCUT2D eigenvalue weighted by Crippen LogP contribution is 2.17. The molecule has 1 unspecified atom stereocenters. The molecular formula is C14H24ClN3O2. The maximum absolute atomic E-state index is 12.0. The van der Waals surface area contributed by atoms with Crippen LogP contribution in [0.3, 0.4) is 0 Å². The fourth-order valence-corrected chi connectivity index (χ4v) is 2.16. The molecule has 114 valence electrons. The van der Waals surface area contributed by atoms with Gasteiger partial charge >= 0.3 is 0 Å². The van der Waals surface area contributed by atoms with Gasteiger partial charge in [-0.15, -0.1) is 0 Å². The second kappa shape index (κ2) is 8.97. The number of hydrogen-bond acceptors (Lipinski definition) is 4. The van der Waals surface area contributed by atoms with Gasteiger partial charge in [-0.25, -0.2) is 4.68 Å². The Labute approximate surface area is 125 Å². The summed E-state index contributed by atoms with van der Waals surface area (Å²) in [5.74, 6) is 0.360. The van der Waals surface area contributed by atoms with Gasteiger partial charge in [-0.3, -0.25) is 4.79 Å². The molecule has 0 radical (unpaired) electrons. The number of nitrogens with one attached hydrogen (secondary N) is 1. The van der Waals surface area contributed by atoms with Gasteiger partial charge in [-0.1, -0.05) is 38.3 Å². The highest BCUT2D eigenvalue weighted by Gasteiger charge is 2.11. The third-order valence-corrected chi connectivity index (χ3v) is 3.77. The summed E-state index contributed by atoms with van der Waals surface area (Å²) in [6.07, 6.45) is 5.22. The fraction of sp³-hybridized carbons (Fsp3) is 0.714. The molecule has 20 heavy (non-hydrogen) atoms. The van der Waals surface area contributed by atoms with Gasteiger partial charge in [0.15, 0.2) is 0 Å². The quantitative estimate of drug-likeness (QED) is 0.735. The lowest BCUT2D eigenvalue weighted by molar-refractivity contribution is 0.258. The van der Waals surface area contributed by atoms with E-state index >= 15 is 0 Å². The van der Waals surface area contributed by atoms with Crippen LogP contribution in [0.25, 0.3) is 0 Å². The Balaban J connectivity index is 2.72. The van der Waals surface area contributed by atoms with E-state index in [1.54, 1.807) is 6.20 Å². The van der Waals surface area contributed by atoms with Crippen LogP contribution in [-0.4, -0.2) is 28.0 Å². The van der Waals surface area contributed by atoms with Crippen LogP contribution >= 0.6 is 11.6 Å². The summed E-state index contributed by atoms with van der Waals surface area (Å²) in [5.41, 5.74) is 0.320. The van der Waals surface area contributed by atoms with Gasteiger partial charge in [-0.05, 0) is 18.8 Å². The first-order chi connectivity index (χ1) is 9.63. The van der Waals surface area contributed by atoms with Crippen molar-refractivity contribution >= 4 is 17.3 Å². The molecule has 2 N–H and O–H groups in total. The summed E-state index contributed by atoms with van der Waals surface area (Å²) in [4.78, 5) is 12.0. The maximum atomic E-state index is 12.0. The number of aliphatic hydroxyl groups is 1. The smallest absolute Gasteiger partial charge is 0.287 e.